The third-order valence-electron chi connectivity index (χ3n) is 3.96. The number of halogens is 4. The van der Waals surface area contributed by atoms with E-state index in [-0.39, 0.29) is 28.3 Å². The molecule has 0 aliphatic heterocycles. The summed E-state index contributed by atoms with van der Waals surface area (Å²) in [5.74, 6) is -2.23. The Hall–Kier alpha value is -3.89. The van der Waals surface area contributed by atoms with Gasteiger partial charge >= 0.3 is 12.1 Å². The molecule has 0 radical (unpaired) electrons. The highest BCUT2D eigenvalue weighted by molar-refractivity contribution is 5.87. The van der Waals surface area contributed by atoms with Crippen molar-refractivity contribution in [2.45, 2.75) is 6.18 Å². The first kappa shape index (κ1) is 18.5. The Morgan fingerprint density at radius 1 is 1.17 bits per heavy atom. The summed E-state index contributed by atoms with van der Waals surface area (Å²) in [6, 6.07) is 6.44. The van der Waals surface area contributed by atoms with Gasteiger partial charge in [0.05, 0.1) is 22.8 Å². The van der Waals surface area contributed by atoms with Crippen LogP contribution in [-0.2, 0) is 6.18 Å². The Morgan fingerprint density at radius 3 is 2.52 bits per heavy atom. The van der Waals surface area contributed by atoms with Gasteiger partial charge in [-0.25, -0.2) is 18.9 Å². The van der Waals surface area contributed by atoms with Crippen molar-refractivity contribution in [2.24, 2.45) is 0 Å². The number of aromatic amines is 1. The van der Waals surface area contributed by atoms with Crippen LogP contribution in [0.25, 0.3) is 17.0 Å². The van der Waals surface area contributed by atoms with Gasteiger partial charge in [0.15, 0.2) is 0 Å². The highest BCUT2D eigenvalue weighted by atomic mass is 19.4. The Morgan fingerprint density at radius 2 is 1.90 bits per heavy atom. The van der Waals surface area contributed by atoms with E-state index in [1.165, 1.54) is 18.3 Å². The van der Waals surface area contributed by atoms with Crippen LogP contribution in [0.2, 0.25) is 0 Å². The van der Waals surface area contributed by atoms with Crippen LogP contribution in [0.1, 0.15) is 15.9 Å². The number of ether oxygens (including phenoxy) is 1. The van der Waals surface area contributed by atoms with E-state index in [2.05, 4.69) is 15.1 Å². The highest BCUT2D eigenvalue weighted by Gasteiger charge is 2.35. The molecule has 0 amide bonds. The fraction of sp³-hybridized carbons (Fsp3) is 0.0556. The smallest absolute Gasteiger partial charge is 0.420 e. The first-order chi connectivity index (χ1) is 13.7. The predicted octanol–water partition coefficient (Wildman–Crippen LogP) is 4.40. The number of hydrogen-bond donors (Lipinski definition) is 2. The van der Waals surface area contributed by atoms with E-state index in [0.29, 0.717) is 0 Å². The van der Waals surface area contributed by atoms with Crippen molar-refractivity contribution >= 4 is 17.0 Å². The summed E-state index contributed by atoms with van der Waals surface area (Å²) in [5.41, 5.74) is -0.985. The molecule has 2 N–H and O–H groups in total. The number of fused-ring (bicyclic) bond motifs is 1. The van der Waals surface area contributed by atoms with Crippen LogP contribution >= 0.6 is 0 Å². The minimum absolute atomic E-state index is 0.0187. The fourth-order valence-corrected chi connectivity index (χ4v) is 2.62. The van der Waals surface area contributed by atoms with E-state index >= 15 is 0 Å². The molecule has 0 aliphatic carbocycles. The van der Waals surface area contributed by atoms with Crippen LogP contribution in [0.5, 0.6) is 11.5 Å². The molecule has 0 spiro atoms. The standard InChI is InChI=1S/C18H10F4N4O3/c19-10-1-3-11(4-2-10)29-15-6-14-13(5-12(15)18(20,21)22)24-17(25-14)26-8-9(7-23-26)16(27)28/h1-8H,(H,24,25)(H,27,28). The van der Waals surface area contributed by atoms with Crippen LogP contribution in [0.4, 0.5) is 17.6 Å². The SMILES string of the molecule is O=C(O)c1cnn(-c2nc3cc(Oc4ccc(F)cc4)c(C(F)(F)F)cc3[nH]2)c1. The number of H-pyrrole nitrogens is 1. The lowest BCUT2D eigenvalue weighted by molar-refractivity contribution is -0.138. The number of aromatic carboxylic acids is 1. The average Bonchev–Trinajstić information content (AvgIpc) is 3.28. The van der Waals surface area contributed by atoms with Gasteiger partial charge in [-0.2, -0.15) is 18.3 Å². The zero-order valence-corrected chi connectivity index (χ0v) is 14.2. The van der Waals surface area contributed by atoms with Gasteiger partial charge in [-0.1, -0.05) is 0 Å². The number of nitrogens with zero attached hydrogens (tertiary/aromatic N) is 3. The van der Waals surface area contributed by atoms with Crippen molar-refractivity contribution in [3.63, 3.8) is 0 Å². The van der Waals surface area contributed by atoms with Crippen LogP contribution in [0.3, 0.4) is 0 Å². The maximum absolute atomic E-state index is 13.5. The molecular weight excluding hydrogens is 396 g/mol. The molecule has 4 rings (SSSR count). The van der Waals surface area contributed by atoms with E-state index in [1.807, 2.05) is 0 Å². The summed E-state index contributed by atoms with van der Waals surface area (Å²) < 4.78 is 60.0. The monoisotopic (exact) mass is 406 g/mol. The summed E-state index contributed by atoms with van der Waals surface area (Å²) in [6.07, 6.45) is -2.47. The first-order valence-electron chi connectivity index (χ1n) is 8.03. The molecule has 0 saturated heterocycles. The Balaban J connectivity index is 1.79. The lowest BCUT2D eigenvalue weighted by atomic mass is 10.1. The molecule has 0 saturated carbocycles. The Kier molecular flexibility index (Phi) is 4.22. The minimum Gasteiger partial charge on any atom is -0.478 e. The topological polar surface area (TPSA) is 93.0 Å². The van der Waals surface area contributed by atoms with Gasteiger partial charge in [0.2, 0.25) is 5.95 Å². The quantitative estimate of drug-likeness (QED) is 0.490. The lowest BCUT2D eigenvalue weighted by Crippen LogP contribution is -2.07. The van der Waals surface area contributed by atoms with Crippen LogP contribution in [0, 0.1) is 5.82 Å². The normalized spacial score (nSPS) is 11.7. The third kappa shape index (κ3) is 3.61. The lowest BCUT2D eigenvalue weighted by Gasteiger charge is -2.13. The van der Waals surface area contributed by atoms with Gasteiger partial charge < -0.3 is 14.8 Å². The minimum atomic E-state index is -4.73. The average molecular weight is 406 g/mol. The van der Waals surface area contributed by atoms with Crippen molar-refractivity contribution in [1.29, 1.82) is 0 Å². The maximum atomic E-state index is 13.5. The van der Waals surface area contributed by atoms with Crippen molar-refractivity contribution in [2.75, 3.05) is 0 Å². The molecule has 0 bridgehead atoms. The van der Waals surface area contributed by atoms with Gasteiger partial charge in [0.1, 0.15) is 22.9 Å². The number of carbonyl (C=O) groups is 1. The van der Waals surface area contributed by atoms with Gasteiger partial charge in [-0.05, 0) is 30.3 Å². The third-order valence-corrected chi connectivity index (χ3v) is 3.96. The molecule has 2 heterocycles. The number of aromatic nitrogens is 4. The number of hydrogen-bond acceptors (Lipinski definition) is 4. The largest absolute Gasteiger partial charge is 0.478 e. The summed E-state index contributed by atoms with van der Waals surface area (Å²) in [6.45, 7) is 0. The highest BCUT2D eigenvalue weighted by Crippen LogP contribution is 2.40. The second-order valence-corrected chi connectivity index (χ2v) is 5.96. The second-order valence-electron chi connectivity index (χ2n) is 5.96. The predicted molar refractivity (Wildman–Crippen MR) is 91.7 cm³/mol. The number of benzene rings is 2. The molecular formula is C18H10F4N4O3. The molecule has 2 aromatic heterocycles. The Labute approximate surface area is 159 Å². The zero-order valence-electron chi connectivity index (χ0n) is 14.2. The Bertz CT molecular complexity index is 1210. The molecule has 29 heavy (non-hydrogen) atoms. The van der Waals surface area contributed by atoms with Crippen molar-refractivity contribution in [3.05, 3.63) is 65.7 Å². The molecule has 148 valence electrons. The van der Waals surface area contributed by atoms with Crippen molar-refractivity contribution in [3.8, 4) is 17.4 Å². The van der Waals surface area contributed by atoms with Gasteiger partial charge in [0.25, 0.3) is 0 Å². The first-order valence-corrected chi connectivity index (χ1v) is 8.03. The van der Waals surface area contributed by atoms with Gasteiger partial charge in [-0.3, -0.25) is 0 Å². The summed E-state index contributed by atoms with van der Waals surface area (Å²) >= 11 is 0. The van der Waals surface area contributed by atoms with E-state index in [4.69, 9.17) is 9.84 Å². The van der Waals surface area contributed by atoms with Gasteiger partial charge in [0, 0.05) is 12.3 Å². The van der Waals surface area contributed by atoms with E-state index in [0.717, 1.165) is 35.1 Å². The fourth-order valence-electron chi connectivity index (χ4n) is 2.62. The molecule has 0 fully saturated rings. The molecule has 7 nitrogen and oxygen atoms in total. The number of nitrogens with one attached hydrogen (secondary N) is 1. The van der Waals surface area contributed by atoms with E-state index in [9.17, 15) is 22.4 Å². The summed E-state index contributed by atoms with van der Waals surface area (Å²) in [7, 11) is 0. The molecule has 11 heteroatoms. The number of rotatable bonds is 4. The van der Waals surface area contributed by atoms with E-state index < -0.39 is 29.3 Å². The van der Waals surface area contributed by atoms with Crippen molar-refractivity contribution < 1.29 is 32.2 Å². The second kappa shape index (κ2) is 6.62. The maximum Gasteiger partial charge on any atom is 0.420 e. The van der Waals surface area contributed by atoms with Crippen LogP contribution < -0.4 is 4.74 Å². The zero-order chi connectivity index (χ0) is 20.8. The molecule has 0 unspecified atom stereocenters. The molecule has 0 atom stereocenters. The molecule has 2 aromatic carbocycles. The van der Waals surface area contributed by atoms with E-state index in [1.54, 1.807) is 0 Å². The number of imidazole rings is 1. The molecule has 4 aromatic rings. The number of carboxylic acids is 1. The number of carboxylic acid groups (broad SMARTS) is 1. The number of alkyl halides is 3. The van der Waals surface area contributed by atoms with Gasteiger partial charge in [-0.15, -0.1) is 0 Å². The van der Waals surface area contributed by atoms with Crippen LogP contribution in [0.15, 0.2) is 48.8 Å². The summed E-state index contributed by atoms with van der Waals surface area (Å²) in [5, 5.41) is 12.8. The van der Waals surface area contributed by atoms with Crippen molar-refractivity contribution in [1.82, 2.24) is 19.7 Å². The molecule has 0 aliphatic rings. The van der Waals surface area contributed by atoms with Crippen LogP contribution in [-0.4, -0.2) is 30.8 Å². The summed E-state index contributed by atoms with van der Waals surface area (Å²) in [4.78, 5) is 17.8.